The molecule has 2 heterocycles. The van der Waals surface area contributed by atoms with Gasteiger partial charge in [-0.1, -0.05) is 36.0 Å². The first kappa shape index (κ1) is 13.3. The van der Waals surface area contributed by atoms with Crippen LogP contribution in [0.5, 0.6) is 0 Å². The summed E-state index contributed by atoms with van der Waals surface area (Å²) in [7, 11) is 0. The zero-order chi connectivity index (χ0) is 14.9. The van der Waals surface area contributed by atoms with E-state index in [4.69, 9.17) is 4.98 Å². The molecule has 22 heavy (non-hydrogen) atoms. The van der Waals surface area contributed by atoms with Crippen LogP contribution < -0.4 is 0 Å². The minimum absolute atomic E-state index is 0.870. The maximum atomic E-state index is 4.78. The van der Waals surface area contributed by atoms with Crippen LogP contribution in [-0.4, -0.2) is 15.0 Å². The molecule has 0 amide bonds. The van der Waals surface area contributed by atoms with E-state index >= 15 is 0 Å². The molecule has 0 aliphatic carbocycles. The smallest absolute Gasteiger partial charge is 0.165 e. The van der Waals surface area contributed by atoms with E-state index in [1.54, 1.807) is 18.0 Å². The molecule has 0 aliphatic rings. The molecule has 0 spiro atoms. The molecular weight excluding hydrogens is 290 g/mol. The van der Waals surface area contributed by atoms with Crippen LogP contribution >= 0.6 is 11.8 Å². The van der Waals surface area contributed by atoms with E-state index in [1.807, 2.05) is 6.20 Å². The first-order valence-electron chi connectivity index (χ1n) is 7.21. The van der Waals surface area contributed by atoms with Gasteiger partial charge >= 0.3 is 0 Å². The number of H-pyrrole nitrogens is 1. The van der Waals surface area contributed by atoms with Gasteiger partial charge in [0.2, 0.25) is 0 Å². The second-order valence-corrected chi connectivity index (χ2v) is 6.27. The Morgan fingerprint density at radius 1 is 1.05 bits per heavy atom. The molecular formula is C18H15N3S. The summed E-state index contributed by atoms with van der Waals surface area (Å²) in [6, 6.07) is 15.1. The molecule has 108 valence electrons. The van der Waals surface area contributed by atoms with Crippen molar-refractivity contribution in [3.8, 4) is 0 Å². The van der Waals surface area contributed by atoms with Gasteiger partial charge < -0.3 is 4.98 Å². The Morgan fingerprint density at radius 2 is 1.86 bits per heavy atom. The van der Waals surface area contributed by atoms with Gasteiger partial charge in [-0.3, -0.25) is 4.98 Å². The van der Waals surface area contributed by atoms with Crippen molar-refractivity contribution in [3.63, 3.8) is 0 Å². The molecule has 2 aromatic carbocycles. The zero-order valence-electron chi connectivity index (χ0n) is 12.2. The Morgan fingerprint density at radius 3 is 2.64 bits per heavy atom. The van der Waals surface area contributed by atoms with Crippen molar-refractivity contribution in [2.45, 2.75) is 17.8 Å². The van der Waals surface area contributed by atoms with Crippen LogP contribution in [0.4, 0.5) is 0 Å². The third-order valence-corrected chi connectivity index (χ3v) is 4.77. The Hall–Kier alpha value is -2.33. The van der Waals surface area contributed by atoms with Gasteiger partial charge in [0.25, 0.3) is 0 Å². The van der Waals surface area contributed by atoms with E-state index in [1.165, 1.54) is 21.7 Å². The van der Waals surface area contributed by atoms with Gasteiger partial charge in [-0.05, 0) is 41.5 Å². The van der Waals surface area contributed by atoms with Crippen molar-refractivity contribution in [3.05, 3.63) is 66.1 Å². The van der Waals surface area contributed by atoms with Gasteiger partial charge in [0.05, 0.1) is 5.52 Å². The lowest BCUT2D eigenvalue weighted by molar-refractivity contribution is 1.05. The molecule has 0 saturated carbocycles. The van der Waals surface area contributed by atoms with Crippen LogP contribution in [0, 0.1) is 6.92 Å². The fourth-order valence-electron chi connectivity index (χ4n) is 2.62. The fraction of sp³-hybridized carbons (Fsp3) is 0.111. The van der Waals surface area contributed by atoms with Crippen molar-refractivity contribution >= 4 is 33.4 Å². The highest BCUT2D eigenvalue weighted by atomic mass is 32.2. The summed E-state index contributed by atoms with van der Waals surface area (Å²) in [4.78, 5) is 12.2. The standard InChI is InChI=1S/C18H15N3S/c1-12-16(11-22-18-19-6-7-20-18)9-15-8-13-4-2-3-5-14(13)10-17(15)21-12/h2-10H,11H2,1H3,(H,19,20). The van der Waals surface area contributed by atoms with E-state index in [9.17, 15) is 0 Å². The van der Waals surface area contributed by atoms with Crippen LogP contribution in [-0.2, 0) is 5.75 Å². The Balaban J connectivity index is 1.75. The maximum Gasteiger partial charge on any atom is 0.165 e. The topological polar surface area (TPSA) is 41.6 Å². The minimum atomic E-state index is 0.870. The van der Waals surface area contributed by atoms with Crippen LogP contribution in [0.1, 0.15) is 11.3 Å². The Bertz CT molecular complexity index is 945. The van der Waals surface area contributed by atoms with Gasteiger partial charge in [0.15, 0.2) is 5.16 Å². The maximum absolute atomic E-state index is 4.78. The lowest BCUT2D eigenvalue weighted by atomic mass is 10.0. The summed E-state index contributed by atoms with van der Waals surface area (Å²) in [6.45, 7) is 2.08. The summed E-state index contributed by atoms with van der Waals surface area (Å²) in [5.41, 5.74) is 3.40. The predicted molar refractivity (Wildman–Crippen MR) is 92.1 cm³/mol. The highest BCUT2D eigenvalue weighted by Gasteiger charge is 2.06. The summed E-state index contributed by atoms with van der Waals surface area (Å²) in [6.07, 6.45) is 3.62. The number of fused-ring (bicyclic) bond motifs is 2. The van der Waals surface area contributed by atoms with Gasteiger partial charge in [-0.25, -0.2) is 4.98 Å². The number of imidazole rings is 1. The lowest BCUT2D eigenvalue weighted by Gasteiger charge is -2.08. The molecule has 3 nitrogen and oxygen atoms in total. The first-order valence-corrected chi connectivity index (χ1v) is 8.19. The number of pyridine rings is 1. The summed E-state index contributed by atoms with van der Waals surface area (Å²) in [5.74, 6) is 0.870. The summed E-state index contributed by atoms with van der Waals surface area (Å²) in [5, 5.41) is 4.63. The Kier molecular flexibility index (Phi) is 3.31. The summed E-state index contributed by atoms with van der Waals surface area (Å²) >= 11 is 1.70. The third-order valence-electron chi connectivity index (χ3n) is 3.82. The largest absolute Gasteiger partial charge is 0.340 e. The average Bonchev–Trinajstić information content (AvgIpc) is 3.04. The molecule has 2 aromatic heterocycles. The molecule has 0 fully saturated rings. The van der Waals surface area contributed by atoms with Crippen LogP contribution in [0.25, 0.3) is 21.7 Å². The predicted octanol–water partition coefficient (Wildman–Crippen LogP) is 4.71. The highest BCUT2D eigenvalue weighted by Crippen LogP contribution is 2.26. The van der Waals surface area contributed by atoms with Gasteiger partial charge in [0, 0.05) is 29.2 Å². The number of nitrogens with one attached hydrogen (secondary N) is 1. The summed E-state index contributed by atoms with van der Waals surface area (Å²) < 4.78 is 0. The van der Waals surface area contributed by atoms with Crippen LogP contribution in [0.3, 0.4) is 0 Å². The second kappa shape index (κ2) is 5.46. The van der Waals surface area contributed by atoms with Crippen LogP contribution in [0.2, 0.25) is 0 Å². The molecule has 0 atom stereocenters. The molecule has 4 rings (SSSR count). The van der Waals surface area contributed by atoms with E-state index in [0.717, 1.165) is 22.1 Å². The number of nitrogens with zero attached hydrogens (tertiary/aromatic N) is 2. The number of hydrogen-bond acceptors (Lipinski definition) is 3. The normalized spacial score (nSPS) is 11.3. The number of aromatic amines is 1. The Labute approximate surface area is 132 Å². The number of aryl methyl sites for hydroxylation is 1. The molecule has 0 saturated heterocycles. The van der Waals surface area contributed by atoms with Gasteiger partial charge in [-0.15, -0.1) is 0 Å². The molecule has 0 aliphatic heterocycles. The van der Waals surface area contributed by atoms with Crippen LogP contribution in [0.15, 0.2) is 60.0 Å². The molecule has 0 bridgehead atoms. The van der Waals surface area contributed by atoms with Crippen molar-refractivity contribution < 1.29 is 0 Å². The van der Waals surface area contributed by atoms with E-state index in [0.29, 0.717) is 0 Å². The quantitative estimate of drug-likeness (QED) is 0.440. The van der Waals surface area contributed by atoms with Crippen molar-refractivity contribution in [2.24, 2.45) is 0 Å². The number of aromatic nitrogens is 3. The number of benzene rings is 2. The van der Waals surface area contributed by atoms with Crippen molar-refractivity contribution in [1.29, 1.82) is 0 Å². The van der Waals surface area contributed by atoms with Gasteiger partial charge in [-0.2, -0.15) is 0 Å². The molecule has 0 unspecified atom stereocenters. The van der Waals surface area contributed by atoms with Gasteiger partial charge in [0.1, 0.15) is 0 Å². The zero-order valence-corrected chi connectivity index (χ0v) is 13.0. The fourth-order valence-corrected chi connectivity index (χ4v) is 3.50. The molecule has 1 N–H and O–H groups in total. The van der Waals surface area contributed by atoms with E-state index in [2.05, 4.69) is 59.4 Å². The number of thioether (sulfide) groups is 1. The minimum Gasteiger partial charge on any atom is -0.340 e. The molecule has 4 aromatic rings. The average molecular weight is 305 g/mol. The number of hydrogen-bond donors (Lipinski definition) is 1. The molecule has 0 radical (unpaired) electrons. The number of rotatable bonds is 3. The van der Waals surface area contributed by atoms with Crippen molar-refractivity contribution in [2.75, 3.05) is 0 Å². The lowest BCUT2D eigenvalue weighted by Crippen LogP contribution is -1.93. The highest BCUT2D eigenvalue weighted by molar-refractivity contribution is 7.98. The second-order valence-electron chi connectivity index (χ2n) is 5.31. The molecule has 4 heteroatoms. The monoisotopic (exact) mass is 305 g/mol. The van der Waals surface area contributed by atoms with Crippen molar-refractivity contribution in [1.82, 2.24) is 15.0 Å². The van der Waals surface area contributed by atoms with E-state index in [-0.39, 0.29) is 0 Å². The SMILES string of the molecule is Cc1nc2cc3ccccc3cc2cc1CSc1ncc[nH]1. The third kappa shape index (κ3) is 2.46. The van der Waals surface area contributed by atoms with E-state index < -0.39 is 0 Å². The first-order chi connectivity index (χ1) is 10.8.